The Labute approximate surface area is 162 Å². The summed E-state index contributed by atoms with van der Waals surface area (Å²) in [6.45, 7) is 7.44. The van der Waals surface area contributed by atoms with E-state index >= 15 is 0 Å². The maximum absolute atomic E-state index is 12.9. The number of amides is 1. The molecule has 3 aliphatic rings. The molecule has 148 valence electrons. The van der Waals surface area contributed by atoms with Crippen LogP contribution in [-0.4, -0.2) is 78.1 Å². The van der Waals surface area contributed by atoms with Crippen LogP contribution in [0.15, 0.2) is 24.3 Å². The van der Waals surface area contributed by atoms with Crippen LogP contribution < -0.4 is 0 Å². The van der Waals surface area contributed by atoms with Crippen molar-refractivity contribution in [3.05, 3.63) is 35.4 Å². The van der Waals surface area contributed by atoms with Crippen LogP contribution in [0.3, 0.4) is 0 Å². The minimum Gasteiger partial charge on any atom is -0.396 e. The van der Waals surface area contributed by atoms with E-state index in [1.807, 2.05) is 4.90 Å². The van der Waals surface area contributed by atoms with E-state index in [1.165, 1.54) is 43.5 Å². The highest BCUT2D eigenvalue weighted by molar-refractivity contribution is 5.78. The Balaban J connectivity index is 1.31. The molecule has 0 bridgehead atoms. The first-order valence-electron chi connectivity index (χ1n) is 10.6. The molecule has 2 atom stereocenters. The number of hydrogen-bond donors (Lipinski definition) is 1. The van der Waals surface area contributed by atoms with Gasteiger partial charge in [-0.25, -0.2) is 0 Å². The third kappa shape index (κ3) is 4.53. The average molecular weight is 372 g/mol. The molecular weight excluding hydrogens is 338 g/mol. The molecular formula is C22H33N3O2. The van der Waals surface area contributed by atoms with E-state index in [9.17, 15) is 9.90 Å². The average Bonchev–Trinajstić information content (AvgIpc) is 3.11. The fourth-order valence-electron chi connectivity index (χ4n) is 5.01. The summed E-state index contributed by atoms with van der Waals surface area (Å²) in [5.41, 5.74) is 2.78. The molecule has 0 spiro atoms. The lowest BCUT2D eigenvalue weighted by Gasteiger charge is -2.31. The Hall–Kier alpha value is -1.43. The fraction of sp³-hybridized carbons (Fsp3) is 0.682. The van der Waals surface area contributed by atoms with Crippen molar-refractivity contribution in [2.75, 3.05) is 52.4 Å². The molecule has 2 saturated heterocycles. The molecule has 5 nitrogen and oxygen atoms in total. The van der Waals surface area contributed by atoms with Crippen molar-refractivity contribution in [1.29, 1.82) is 0 Å². The van der Waals surface area contributed by atoms with Crippen molar-refractivity contribution >= 4 is 5.91 Å². The second-order valence-electron chi connectivity index (χ2n) is 8.59. The molecule has 1 N–H and O–H groups in total. The SMILES string of the molecule is O=C(CN1CCc2ccccc2C1)N1C[C@@H](CN2CCCCC2)[C@@H](CO)C1. The molecule has 0 saturated carbocycles. The number of fused-ring (bicyclic) bond motifs is 1. The van der Waals surface area contributed by atoms with Gasteiger partial charge in [-0.15, -0.1) is 0 Å². The van der Waals surface area contributed by atoms with Crippen LogP contribution in [0.1, 0.15) is 30.4 Å². The van der Waals surface area contributed by atoms with Crippen LogP contribution in [0.4, 0.5) is 0 Å². The Morgan fingerprint density at radius 3 is 2.48 bits per heavy atom. The van der Waals surface area contributed by atoms with Crippen molar-refractivity contribution in [2.24, 2.45) is 11.8 Å². The second kappa shape index (κ2) is 8.72. The molecule has 0 radical (unpaired) electrons. The topological polar surface area (TPSA) is 47.0 Å². The highest BCUT2D eigenvalue weighted by Crippen LogP contribution is 2.26. The highest BCUT2D eigenvalue weighted by Gasteiger charge is 2.36. The van der Waals surface area contributed by atoms with Gasteiger partial charge < -0.3 is 14.9 Å². The van der Waals surface area contributed by atoms with Crippen molar-refractivity contribution in [3.8, 4) is 0 Å². The minimum absolute atomic E-state index is 0.194. The van der Waals surface area contributed by atoms with Gasteiger partial charge in [0.1, 0.15) is 0 Å². The van der Waals surface area contributed by atoms with E-state index in [2.05, 4.69) is 34.1 Å². The Morgan fingerprint density at radius 2 is 1.70 bits per heavy atom. The van der Waals surface area contributed by atoms with Crippen LogP contribution >= 0.6 is 0 Å². The van der Waals surface area contributed by atoms with E-state index in [1.54, 1.807) is 0 Å². The first-order chi connectivity index (χ1) is 13.2. The van der Waals surface area contributed by atoms with Crippen LogP contribution in [0, 0.1) is 11.8 Å². The van der Waals surface area contributed by atoms with Crippen molar-refractivity contribution in [2.45, 2.75) is 32.2 Å². The molecule has 27 heavy (non-hydrogen) atoms. The summed E-state index contributed by atoms with van der Waals surface area (Å²) in [6.07, 6.45) is 4.94. The van der Waals surface area contributed by atoms with Crippen LogP contribution in [0.25, 0.3) is 0 Å². The normalized spacial score (nSPS) is 26.9. The monoisotopic (exact) mass is 371 g/mol. The summed E-state index contributed by atoms with van der Waals surface area (Å²) in [4.78, 5) is 19.7. The van der Waals surface area contributed by atoms with Crippen molar-refractivity contribution in [3.63, 3.8) is 0 Å². The predicted octanol–water partition coefficient (Wildman–Crippen LogP) is 1.60. The molecule has 4 rings (SSSR count). The zero-order chi connectivity index (χ0) is 18.6. The zero-order valence-electron chi connectivity index (χ0n) is 16.4. The van der Waals surface area contributed by atoms with Gasteiger partial charge in [0.05, 0.1) is 6.54 Å². The van der Waals surface area contributed by atoms with Gasteiger partial charge in [0, 0.05) is 45.2 Å². The lowest BCUT2D eigenvalue weighted by Crippen LogP contribution is -2.42. The number of carbonyl (C=O) groups is 1. The molecule has 1 aromatic carbocycles. The number of hydrogen-bond acceptors (Lipinski definition) is 4. The van der Waals surface area contributed by atoms with Gasteiger partial charge in [-0.3, -0.25) is 9.69 Å². The zero-order valence-corrected chi connectivity index (χ0v) is 16.4. The Kier molecular flexibility index (Phi) is 6.11. The third-order valence-corrected chi connectivity index (χ3v) is 6.67. The van der Waals surface area contributed by atoms with Gasteiger partial charge in [-0.05, 0) is 49.4 Å². The van der Waals surface area contributed by atoms with Gasteiger partial charge in [-0.2, -0.15) is 0 Å². The van der Waals surface area contributed by atoms with Gasteiger partial charge in [-0.1, -0.05) is 30.7 Å². The minimum atomic E-state index is 0.194. The van der Waals surface area contributed by atoms with Crippen LogP contribution in [0.5, 0.6) is 0 Å². The summed E-state index contributed by atoms with van der Waals surface area (Å²) in [5.74, 6) is 0.881. The Bertz CT molecular complexity index is 644. The van der Waals surface area contributed by atoms with Crippen LogP contribution in [-0.2, 0) is 17.8 Å². The summed E-state index contributed by atoms with van der Waals surface area (Å²) in [5, 5.41) is 9.83. The lowest BCUT2D eigenvalue weighted by atomic mass is 9.95. The number of benzene rings is 1. The van der Waals surface area contributed by atoms with E-state index in [-0.39, 0.29) is 18.4 Å². The van der Waals surface area contributed by atoms with E-state index < -0.39 is 0 Å². The molecule has 2 fully saturated rings. The number of piperidine rings is 1. The standard InChI is InChI=1S/C22H33N3O2/c26-17-21-15-25(14-20(21)13-23-9-4-1-5-10-23)22(27)16-24-11-8-18-6-2-3-7-19(18)12-24/h2-3,6-7,20-21,26H,1,4-5,8-17H2/t20-,21-/m1/s1. The molecule has 1 amide bonds. The molecule has 5 heteroatoms. The third-order valence-electron chi connectivity index (χ3n) is 6.67. The summed E-state index contributed by atoms with van der Waals surface area (Å²) < 4.78 is 0. The number of likely N-dealkylation sites (tertiary alicyclic amines) is 2. The second-order valence-corrected chi connectivity index (χ2v) is 8.59. The van der Waals surface area contributed by atoms with Crippen LogP contribution in [0.2, 0.25) is 0 Å². The highest BCUT2D eigenvalue weighted by atomic mass is 16.3. The number of nitrogens with zero attached hydrogens (tertiary/aromatic N) is 3. The number of carbonyl (C=O) groups excluding carboxylic acids is 1. The first-order valence-corrected chi connectivity index (χ1v) is 10.6. The lowest BCUT2D eigenvalue weighted by molar-refractivity contribution is -0.131. The van der Waals surface area contributed by atoms with Crippen molar-refractivity contribution in [1.82, 2.24) is 14.7 Å². The molecule has 3 aliphatic heterocycles. The number of aliphatic hydroxyl groups is 1. The fourth-order valence-corrected chi connectivity index (χ4v) is 5.01. The maximum Gasteiger partial charge on any atom is 0.236 e. The number of rotatable bonds is 5. The molecule has 0 aromatic heterocycles. The van der Waals surface area contributed by atoms with E-state index in [0.717, 1.165) is 39.1 Å². The predicted molar refractivity (Wildman–Crippen MR) is 106 cm³/mol. The van der Waals surface area contributed by atoms with Gasteiger partial charge in [0.2, 0.25) is 5.91 Å². The molecule has 3 heterocycles. The summed E-state index contributed by atoms with van der Waals surface area (Å²) in [6, 6.07) is 8.56. The Morgan fingerprint density at radius 1 is 0.963 bits per heavy atom. The summed E-state index contributed by atoms with van der Waals surface area (Å²) in [7, 11) is 0. The quantitative estimate of drug-likeness (QED) is 0.854. The van der Waals surface area contributed by atoms with E-state index in [4.69, 9.17) is 0 Å². The van der Waals surface area contributed by atoms with Gasteiger partial charge >= 0.3 is 0 Å². The number of aliphatic hydroxyl groups excluding tert-OH is 1. The van der Waals surface area contributed by atoms with Gasteiger partial charge in [0.15, 0.2) is 0 Å². The largest absolute Gasteiger partial charge is 0.396 e. The maximum atomic E-state index is 12.9. The smallest absolute Gasteiger partial charge is 0.236 e. The molecule has 0 aliphatic carbocycles. The first kappa shape index (κ1) is 18.9. The van der Waals surface area contributed by atoms with Gasteiger partial charge in [0.25, 0.3) is 0 Å². The molecule has 1 aromatic rings. The molecule has 0 unspecified atom stereocenters. The van der Waals surface area contributed by atoms with E-state index in [0.29, 0.717) is 12.5 Å². The van der Waals surface area contributed by atoms with Crippen molar-refractivity contribution < 1.29 is 9.90 Å². The summed E-state index contributed by atoms with van der Waals surface area (Å²) >= 11 is 0.